The van der Waals surface area contributed by atoms with Gasteiger partial charge in [-0.15, -0.1) is 0 Å². The normalized spacial score (nSPS) is 17.0. The summed E-state index contributed by atoms with van der Waals surface area (Å²) >= 11 is 0. The Bertz CT molecular complexity index is 1120. The average molecular weight is 494 g/mol. The van der Waals surface area contributed by atoms with Gasteiger partial charge in [-0.1, -0.05) is 24.3 Å². The van der Waals surface area contributed by atoms with Crippen molar-refractivity contribution in [3.8, 4) is 11.5 Å². The van der Waals surface area contributed by atoms with E-state index in [-0.39, 0.29) is 30.3 Å². The lowest BCUT2D eigenvalue weighted by Crippen LogP contribution is -2.53. The highest BCUT2D eigenvalue weighted by Crippen LogP contribution is 2.41. The van der Waals surface area contributed by atoms with E-state index in [0.29, 0.717) is 56.0 Å². The average Bonchev–Trinajstić information content (AvgIpc) is 2.98. The Morgan fingerprint density at radius 1 is 1.00 bits per heavy atom. The predicted octanol–water partition coefficient (Wildman–Crippen LogP) is 3.04. The molecule has 2 aromatic carbocycles. The van der Waals surface area contributed by atoms with Crippen LogP contribution in [0.15, 0.2) is 42.5 Å². The molecule has 0 radical (unpaired) electrons. The molecule has 0 unspecified atom stereocenters. The zero-order valence-electron chi connectivity index (χ0n) is 21.5. The zero-order chi connectivity index (χ0) is 25.9. The van der Waals surface area contributed by atoms with Crippen molar-refractivity contribution in [1.82, 2.24) is 15.1 Å². The van der Waals surface area contributed by atoms with Crippen LogP contribution in [0.5, 0.6) is 11.5 Å². The van der Waals surface area contributed by atoms with Crippen molar-refractivity contribution in [1.29, 1.82) is 0 Å². The minimum absolute atomic E-state index is 0.00492. The molecule has 0 atom stereocenters. The first-order valence-electron chi connectivity index (χ1n) is 12.4. The van der Waals surface area contributed by atoms with Crippen LogP contribution in [0.1, 0.15) is 48.2 Å². The first-order valence-corrected chi connectivity index (χ1v) is 12.4. The fraction of sp³-hybridized carbons (Fsp3) is 0.464. The van der Waals surface area contributed by atoms with E-state index in [1.54, 1.807) is 42.2 Å². The van der Waals surface area contributed by atoms with Crippen LogP contribution in [0, 0.1) is 5.41 Å². The number of hydrogen-bond donors (Lipinski definition) is 1. The minimum atomic E-state index is -0.645. The van der Waals surface area contributed by atoms with Gasteiger partial charge in [-0.25, -0.2) is 0 Å². The molecule has 0 aromatic heterocycles. The number of nitrogens with zero attached hydrogens (tertiary/aromatic N) is 2. The maximum atomic E-state index is 13.9. The Hall–Kier alpha value is -3.55. The van der Waals surface area contributed by atoms with Crippen molar-refractivity contribution in [2.45, 2.75) is 45.7 Å². The van der Waals surface area contributed by atoms with Gasteiger partial charge in [0.05, 0.1) is 26.2 Å². The second-order valence-electron chi connectivity index (χ2n) is 10.0. The summed E-state index contributed by atoms with van der Waals surface area (Å²) < 4.78 is 10.6. The van der Waals surface area contributed by atoms with Crippen molar-refractivity contribution in [3.05, 3.63) is 59.2 Å². The minimum Gasteiger partial charge on any atom is -0.497 e. The summed E-state index contributed by atoms with van der Waals surface area (Å²) in [6, 6.07) is 13.2. The predicted molar refractivity (Wildman–Crippen MR) is 136 cm³/mol. The van der Waals surface area contributed by atoms with E-state index >= 15 is 0 Å². The SMILES string of the molecule is COc1cc(OC)cc(C(=O)N2CCC3(CC2)Cc2ccccc2CN(CC(=O)NC(C)C)C3=O)c1. The number of likely N-dealkylation sites (tertiary alicyclic amines) is 1. The molecule has 36 heavy (non-hydrogen) atoms. The Morgan fingerprint density at radius 3 is 2.19 bits per heavy atom. The smallest absolute Gasteiger partial charge is 0.254 e. The molecule has 1 N–H and O–H groups in total. The fourth-order valence-corrected chi connectivity index (χ4v) is 5.25. The van der Waals surface area contributed by atoms with Gasteiger partial charge in [0.25, 0.3) is 5.91 Å². The molecule has 2 heterocycles. The van der Waals surface area contributed by atoms with Crippen LogP contribution in [0.2, 0.25) is 0 Å². The monoisotopic (exact) mass is 493 g/mol. The molecule has 0 aliphatic carbocycles. The van der Waals surface area contributed by atoms with E-state index in [1.807, 2.05) is 32.0 Å². The van der Waals surface area contributed by atoms with Crippen LogP contribution in [-0.2, 0) is 22.6 Å². The summed E-state index contributed by atoms with van der Waals surface area (Å²) in [5.74, 6) is 0.825. The number of methoxy groups -OCH3 is 2. The van der Waals surface area contributed by atoms with Gasteiger partial charge in [-0.3, -0.25) is 14.4 Å². The molecular formula is C28H35N3O5. The zero-order valence-corrected chi connectivity index (χ0v) is 21.5. The molecule has 3 amide bonds. The first-order chi connectivity index (χ1) is 17.2. The van der Waals surface area contributed by atoms with Crippen molar-refractivity contribution < 1.29 is 23.9 Å². The molecule has 0 bridgehead atoms. The lowest BCUT2D eigenvalue weighted by atomic mass is 9.72. The molecule has 8 heteroatoms. The number of hydrogen-bond acceptors (Lipinski definition) is 5. The van der Waals surface area contributed by atoms with Gasteiger partial charge in [0.1, 0.15) is 11.5 Å². The lowest BCUT2D eigenvalue weighted by Gasteiger charge is -2.42. The van der Waals surface area contributed by atoms with E-state index in [9.17, 15) is 14.4 Å². The lowest BCUT2D eigenvalue weighted by molar-refractivity contribution is -0.147. The standard InChI is InChI=1S/C28H35N3O5/c1-19(2)29-25(32)18-31-17-21-8-6-5-7-20(21)16-28(27(31)34)9-11-30(12-10-28)26(33)22-13-23(35-3)15-24(14-22)36-4/h5-8,13-15,19H,9-12,16-18H2,1-4H3,(H,29,32). The molecule has 1 saturated heterocycles. The maximum absolute atomic E-state index is 13.9. The largest absolute Gasteiger partial charge is 0.497 e. The number of carbonyl (C=O) groups is 3. The summed E-state index contributed by atoms with van der Waals surface area (Å²) in [5.41, 5.74) is 2.05. The van der Waals surface area contributed by atoms with Gasteiger partial charge >= 0.3 is 0 Å². The van der Waals surface area contributed by atoms with Crippen molar-refractivity contribution in [3.63, 3.8) is 0 Å². The molecule has 0 saturated carbocycles. The number of piperidine rings is 1. The van der Waals surface area contributed by atoms with Gasteiger partial charge in [0.15, 0.2) is 0 Å². The van der Waals surface area contributed by atoms with E-state index in [4.69, 9.17) is 9.47 Å². The molecule has 1 fully saturated rings. The molecule has 1 spiro atoms. The third-order valence-electron chi connectivity index (χ3n) is 7.14. The van der Waals surface area contributed by atoms with Crippen LogP contribution in [0.4, 0.5) is 0 Å². The Balaban J connectivity index is 1.56. The number of amides is 3. The van der Waals surface area contributed by atoms with Gasteiger partial charge in [-0.05, 0) is 56.4 Å². The first kappa shape index (κ1) is 25.5. The van der Waals surface area contributed by atoms with E-state index in [0.717, 1.165) is 11.1 Å². The van der Waals surface area contributed by atoms with Gasteiger partial charge in [-0.2, -0.15) is 0 Å². The number of fused-ring (bicyclic) bond motifs is 1. The molecule has 2 aromatic rings. The van der Waals surface area contributed by atoms with Crippen LogP contribution < -0.4 is 14.8 Å². The summed E-state index contributed by atoms with van der Waals surface area (Å²) in [6.45, 7) is 5.16. The van der Waals surface area contributed by atoms with Crippen molar-refractivity contribution in [2.24, 2.45) is 5.41 Å². The summed E-state index contributed by atoms with van der Waals surface area (Å²) in [6.07, 6.45) is 1.68. The number of carbonyl (C=O) groups excluding carboxylic acids is 3. The van der Waals surface area contributed by atoms with E-state index < -0.39 is 5.41 Å². The van der Waals surface area contributed by atoms with E-state index in [1.165, 1.54) is 0 Å². The third-order valence-corrected chi connectivity index (χ3v) is 7.14. The highest BCUT2D eigenvalue weighted by molar-refractivity contribution is 5.95. The Labute approximate surface area is 212 Å². The second-order valence-corrected chi connectivity index (χ2v) is 10.0. The molecule has 2 aliphatic rings. The highest BCUT2D eigenvalue weighted by Gasteiger charge is 2.46. The van der Waals surface area contributed by atoms with Gasteiger partial charge in [0, 0.05) is 37.3 Å². The summed E-state index contributed by atoms with van der Waals surface area (Å²) in [5, 5.41) is 2.90. The Kier molecular flexibility index (Phi) is 7.52. The molecule has 8 nitrogen and oxygen atoms in total. The number of nitrogens with one attached hydrogen (secondary N) is 1. The molecular weight excluding hydrogens is 458 g/mol. The number of benzene rings is 2. The molecule has 2 aliphatic heterocycles. The molecule has 4 rings (SSSR count). The topological polar surface area (TPSA) is 88.2 Å². The van der Waals surface area contributed by atoms with Gasteiger partial charge in [0.2, 0.25) is 11.8 Å². The number of rotatable bonds is 6. The maximum Gasteiger partial charge on any atom is 0.254 e. The molecule has 192 valence electrons. The van der Waals surface area contributed by atoms with E-state index in [2.05, 4.69) is 11.4 Å². The third kappa shape index (κ3) is 5.32. The highest BCUT2D eigenvalue weighted by atomic mass is 16.5. The fourth-order valence-electron chi connectivity index (χ4n) is 5.25. The second kappa shape index (κ2) is 10.6. The quantitative estimate of drug-likeness (QED) is 0.668. The Morgan fingerprint density at radius 2 is 1.61 bits per heavy atom. The van der Waals surface area contributed by atoms with Gasteiger partial charge < -0.3 is 24.6 Å². The van der Waals surface area contributed by atoms with Crippen LogP contribution in [0.25, 0.3) is 0 Å². The van der Waals surface area contributed by atoms with Crippen LogP contribution in [0.3, 0.4) is 0 Å². The summed E-state index contributed by atoms with van der Waals surface area (Å²) in [4.78, 5) is 43.3. The van der Waals surface area contributed by atoms with Crippen molar-refractivity contribution >= 4 is 17.7 Å². The van der Waals surface area contributed by atoms with Crippen molar-refractivity contribution in [2.75, 3.05) is 33.9 Å². The van der Waals surface area contributed by atoms with Crippen LogP contribution >= 0.6 is 0 Å². The summed E-state index contributed by atoms with van der Waals surface area (Å²) in [7, 11) is 3.10. The number of ether oxygens (including phenoxy) is 2. The van der Waals surface area contributed by atoms with Crippen LogP contribution in [-0.4, -0.2) is 67.4 Å².